The highest BCUT2D eigenvalue weighted by molar-refractivity contribution is 9.11. The highest BCUT2D eigenvalue weighted by Crippen LogP contribution is 2.43. The molecule has 0 atom stereocenters. The molecular weight excluding hydrogens is 656 g/mol. The maximum Gasteiger partial charge on any atom is 0.264 e. The molecule has 0 saturated carbocycles. The zero-order valence-corrected chi connectivity index (χ0v) is 24.6. The van der Waals surface area contributed by atoms with Crippen LogP contribution in [0.2, 0.25) is 0 Å². The van der Waals surface area contributed by atoms with Crippen molar-refractivity contribution in [2.75, 3.05) is 0 Å². The molecule has 0 radical (unpaired) electrons. The molecule has 0 aliphatic heterocycles. The largest absolute Gasteiger partial charge is 0.268 e. The third-order valence-corrected chi connectivity index (χ3v) is 9.95. The van der Waals surface area contributed by atoms with E-state index < -0.39 is 0 Å². The fourth-order valence-electron chi connectivity index (χ4n) is 7.05. The van der Waals surface area contributed by atoms with Crippen LogP contribution < -0.4 is 11.1 Å². The van der Waals surface area contributed by atoms with Crippen LogP contribution in [0, 0.1) is 0 Å². The van der Waals surface area contributed by atoms with Crippen LogP contribution in [0.15, 0.2) is 103 Å². The van der Waals surface area contributed by atoms with Crippen molar-refractivity contribution in [1.82, 2.24) is 18.8 Å². The van der Waals surface area contributed by atoms with E-state index in [1.54, 1.807) is 8.80 Å². The van der Waals surface area contributed by atoms with Crippen LogP contribution in [-0.4, -0.2) is 18.8 Å². The molecule has 0 aliphatic carbocycles. The number of hydrogen-bond donors (Lipinski definition) is 0. The lowest BCUT2D eigenvalue weighted by Gasteiger charge is -2.19. The number of pyridine rings is 2. The molecule has 0 bridgehead atoms. The summed E-state index contributed by atoms with van der Waals surface area (Å²) in [4.78, 5) is 38.9. The zero-order valence-electron chi connectivity index (χ0n) is 21.4. The first-order chi connectivity index (χ1) is 20.5. The van der Waals surface area contributed by atoms with Gasteiger partial charge in [0.2, 0.25) is 0 Å². The number of rotatable bonds is 0. The van der Waals surface area contributed by atoms with Crippen molar-refractivity contribution in [1.29, 1.82) is 0 Å². The van der Waals surface area contributed by atoms with E-state index in [1.807, 2.05) is 84.9 Å². The van der Waals surface area contributed by atoms with Crippen LogP contribution in [0.3, 0.4) is 0 Å². The van der Waals surface area contributed by atoms with Gasteiger partial charge in [-0.1, -0.05) is 48.5 Å². The molecule has 0 saturated heterocycles. The smallest absolute Gasteiger partial charge is 0.264 e. The van der Waals surface area contributed by atoms with Gasteiger partial charge in [-0.3, -0.25) is 18.4 Å². The summed E-state index contributed by atoms with van der Waals surface area (Å²) in [6.45, 7) is 0. The summed E-state index contributed by atoms with van der Waals surface area (Å²) in [6.07, 6.45) is 0. The number of fused-ring (bicyclic) bond motifs is 6. The van der Waals surface area contributed by atoms with Gasteiger partial charge in [0.25, 0.3) is 11.1 Å². The van der Waals surface area contributed by atoms with E-state index in [4.69, 9.17) is 9.97 Å². The molecule has 0 spiro atoms. The van der Waals surface area contributed by atoms with E-state index >= 15 is 0 Å². The zero-order chi connectivity index (χ0) is 28.0. The predicted octanol–water partition coefficient (Wildman–Crippen LogP) is 8.18. The summed E-state index contributed by atoms with van der Waals surface area (Å²) in [6, 6.07) is 27.6. The van der Waals surface area contributed by atoms with Gasteiger partial charge in [0.15, 0.2) is 0 Å². The van der Waals surface area contributed by atoms with Crippen molar-refractivity contribution in [3.8, 4) is 0 Å². The first kappa shape index (κ1) is 23.0. The monoisotopic (exact) mass is 668 g/mol. The lowest BCUT2D eigenvalue weighted by Crippen LogP contribution is -2.20. The summed E-state index contributed by atoms with van der Waals surface area (Å²) in [5.41, 5.74) is 3.92. The number of benzene rings is 6. The Morgan fingerprint density at radius 1 is 0.500 bits per heavy atom. The summed E-state index contributed by atoms with van der Waals surface area (Å²) >= 11 is 7.60. The Hall–Kier alpha value is -4.66. The summed E-state index contributed by atoms with van der Waals surface area (Å²) < 4.78 is 4.81. The fourth-order valence-corrected chi connectivity index (χ4v) is 8.26. The van der Waals surface area contributed by atoms with Crippen molar-refractivity contribution in [2.24, 2.45) is 0 Å². The molecule has 10 aromatic rings. The number of hydrogen-bond acceptors (Lipinski definition) is 4. The Morgan fingerprint density at radius 3 is 1.33 bits per heavy atom. The number of nitrogens with zero attached hydrogens (tertiary/aromatic N) is 4. The van der Waals surface area contributed by atoms with E-state index in [-0.39, 0.29) is 11.1 Å². The Labute approximate surface area is 251 Å². The Kier molecular flexibility index (Phi) is 4.15. The van der Waals surface area contributed by atoms with E-state index in [0.29, 0.717) is 41.8 Å². The maximum absolute atomic E-state index is 14.4. The summed E-state index contributed by atoms with van der Waals surface area (Å²) in [5.74, 6) is 0. The van der Waals surface area contributed by atoms with Gasteiger partial charge in [0.1, 0.15) is 11.3 Å². The van der Waals surface area contributed by atoms with E-state index in [2.05, 4.69) is 31.9 Å². The van der Waals surface area contributed by atoms with Crippen LogP contribution in [0.5, 0.6) is 0 Å². The first-order valence-electron chi connectivity index (χ1n) is 13.4. The topological polar surface area (TPSA) is 68.7 Å². The molecule has 42 heavy (non-hydrogen) atoms. The fraction of sp³-hybridized carbons (Fsp3) is 0. The van der Waals surface area contributed by atoms with Crippen molar-refractivity contribution in [2.45, 2.75) is 0 Å². The highest BCUT2D eigenvalue weighted by atomic mass is 79.9. The van der Waals surface area contributed by atoms with Gasteiger partial charge in [-0.25, -0.2) is 9.97 Å². The van der Waals surface area contributed by atoms with E-state index in [1.165, 1.54) is 0 Å². The Balaban J connectivity index is 1.55. The molecular formula is C34H14Br2N4O2. The lowest BCUT2D eigenvalue weighted by atomic mass is 9.95. The average molecular weight is 670 g/mol. The van der Waals surface area contributed by atoms with Crippen LogP contribution in [-0.2, 0) is 0 Å². The van der Waals surface area contributed by atoms with Gasteiger partial charge >= 0.3 is 0 Å². The molecule has 0 aliphatic rings. The lowest BCUT2D eigenvalue weighted by molar-refractivity contribution is 1.14. The summed E-state index contributed by atoms with van der Waals surface area (Å²) in [5, 5.41) is 7.91. The third kappa shape index (κ3) is 2.57. The first-order valence-corrected chi connectivity index (χ1v) is 15.0. The van der Waals surface area contributed by atoms with Crippen molar-refractivity contribution in [3.05, 3.63) is 115 Å². The SMILES string of the molecule is O=c1c2cc(Br)c3c4c(cc(Br)c(c24)c2nc4cccc5cccc(c54)n12)c(=O)n1c2cccc4cccc(nc31)c42. The van der Waals surface area contributed by atoms with Crippen LogP contribution >= 0.6 is 31.9 Å². The minimum Gasteiger partial charge on any atom is -0.268 e. The van der Waals surface area contributed by atoms with Gasteiger partial charge in [-0.05, 0) is 79.0 Å². The Bertz CT molecular complexity index is 2770. The van der Waals surface area contributed by atoms with Gasteiger partial charge in [0, 0.05) is 41.3 Å². The van der Waals surface area contributed by atoms with Crippen LogP contribution in [0.4, 0.5) is 0 Å². The van der Waals surface area contributed by atoms with Crippen LogP contribution in [0.25, 0.3) is 87.2 Å². The van der Waals surface area contributed by atoms with Gasteiger partial charge in [-0.2, -0.15) is 0 Å². The van der Waals surface area contributed by atoms with Crippen molar-refractivity contribution >= 4 is 119 Å². The van der Waals surface area contributed by atoms with Gasteiger partial charge in [0.05, 0.1) is 32.8 Å². The highest BCUT2D eigenvalue weighted by Gasteiger charge is 2.25. The van der Waals surface area contributed by atoms with Crippen molar-refractivity contribution in [3.63, 3.8) is 0 Å². The normalized spacial score (nSPS) is 12.7. The number of aromatic nitrogens is 4. The minimum atomic E-state index is -0.185. The molecule has 0 N–H and O–H groups in total. The second-order valence-electron chi connectivity index (χ2n) is 10.8. The molecule has 0 fully saturated rings. The quantitative estimate of drug-likeness (QED) is 0.121. The van der Waals surface area contributed by atoms with Crippen molar-refractivity contribution < 1.29 is 0 Å². The van der Waals surface area contributed by atoms with Gasteiger partial charge < -0.3 is 0 Å². The van der Waals surface area contributed by atoms with E-state index in [9.17, 15) is 9.59 Å². The molecule has 6 aromatic carbocycles. The molecule has 0 unspecified atom stereocenters. The van der Waals surface area contributed by atoms with E-state index in [0.717, 1.165) is 54.4 Å². The average Bonchev–Trinajstić information content (AvgIpc) is 2.99. The standard InChI is InChI=1S/C34H14Br2N4O2/c35-19-13-18-28-27-17(33(41)39-23-11-3-7-15-5-1-9-21(25(15)23)37-31(39)29(19)27)14-20(36)30(28)32-38-22-10-2-6-16-8-4-12-24(26(16)22)40(32)34(18)42/h1-14H. The Morgan fingerprint density at radius 2 is 0.905 bits per heavy atom. The summed E-state index contributed by atoms with van der Waals surface area (Å²) in [7, 11) is 0. The minimum absolute atomic E-state index is 0.185. The molecule has 10 rings (SSSR count). The molecule has 0 amide bonds. The predicted molar refractivity (Wildman–Crippen MR) is 177 cm³/mol. The molecule has 196 valence electrons. The number of halogens is 2. The van der Waals surface area contributed by atoms with Gasteiger partial charge in [-0.15, -0.1) is 0 Å². The molecule has 4 heterocycles. The third-order valence-electron chi connectivity index (χ3n) is 8.70. The second-order valence-corrected chi connectivity index (χ2v) is 12.5. The second kappa shape index (κ2) is 7.59. The molecule has 8 heteroatoms. The maximum atomic E-state index is 14.4. The van der Waals surface area contributed by atoms with Crippen LogP contribution in [0.1, 0.15) is 0 Å². The molecule has 6 nitrogen and oxygen atoms in total. The molecule has 4 aromatic heterocycles.